The van der Waals surface area contributed by atoms with Gasteiger partial charge in [0.05, 0.1) is 23.6 Å². The van der Waals surface area contributed by atoms with Crippen molar-refractivity contribution >= 4 is 22.8 Å². The number of anilines is 1. The van der Waals surface area contributed by atoms with Gasteiger partial charge < -0.3 is 15.0 Å². The molecule has 0 heterocycles. The number of nitrogens with zero attached hydrogens (tertiary/aromatic N) is 1. The maximum absolute atomic E-state index is 13.3. The van der Waals surface area contributed by atoms with Gasteiger partial charge in [-0.05, 0) is 44.4 Å². The lowest BCUT2D eigenvalue weighted by Gasteiger charge is -2.28. The van der Waals surface area contributed by atoms with Gasteiger partial charge in [0.1, 0.15) is 17.1 Å². The van der Waals surface area contributed by atoms with Crippen molar-refractivity contribution in [2.45, 2.75) is 101 Å². The summed E-state index contributed by atoms with van der Waals surface area (Å²) in [6.45, 7) is 1.23. The second kappa shape index (κ2) is 15.5. The zero-order valence-corrected chi connectivity index (χ0v) is 23.4. The van der Waals surface area contributed by atoms with E-state index >= 15 is 0 Å². The lowest BCUT2D eigenvalue weighted by Crippen LogP contribution is -2.52. The van der Waals surface area contributed by atoms with Crippen LogP contribution in [0.1, 0.15) is 82.3 Å². The Bertz CT molecular complexity index is 1060. The van der Waals surface area contributed by atoms with Gasteiger partial charge in [0, 0.05) is 5.69 Å². The van der Waals surface area contributed by atoms with Gasteiger partial charge in [0.15, 0.2) is 0 Å². The molecule has 5 nitrogen and oxygen atoms in total. The summed E-state index contributed by atoms with van der Waals surface area (Å²) in [7, 11) is 0. The highest BCUT2D eigenvalue weighted by Crippen LogP contribution is 2.48. The molecule has 42 heavy (non-hydrogen) atoms. The summed E-state index contributed by atoms with van der Waals surface area (Å²) >= 11 is -1.97. The zero-order chi connectivity index (χ0) is 32.4. The maximum atomic E-state index is 13.3. The van der Waals surface area contributed by atoms with Crippen LogP contribution in [0.4, 0.5) is 49.6 Å². The van der Waals surface area contributed by atoms with Crippen LogP contribution in [0.15, 0.2) is 18.2 Å². The fraction of sp³-hybridized carbons (Fsp3) is 0.692. The molecule has 1 aromatic carbocycles. The van der Waals surface area contributed by atoms with Crippen molar-refractivity contribution in [2.24, 2.45) is 0 Å². The number of amides is 1. The molecular formula is C26H32F10N2O3S. The number of nitriles is 1. The molecule has 1 amide bonds. The molecule has 0 aromatic heterocycles. The summed E-state index contributed by atoms with van der Waals surface area (Å²) in [5.41, 5.74) is -3.92. The summed E-state index contributed by atoms with van der Waals surface area (Å²) < 4.78 is 140. The first-order valence-electron chi connectivity index (χ1n) is 13.0. The van der Waals surface area contributed by atoms with Crippen molar-refractivity contribution in [1.29, 1.82) is 5.26 Å². The van der Waals surface area contributed by atoms with Crippen molar-refractivity contribution in [3.8, 4) is 6.07 Å². The van der Waals surface area contributed by atoms with E-state index in [2.05, 4.69) is 5.32 Å². The molecule has 0 aliphatic rings. The Morgan fingerprint density at radius 3 is 1.90 bits per heavy atom. The first kappa shape index (κ1) is 37.8. The number of carbonyl (C=O) groups is 1. The van der Waals surface area contributed by atoms with E-state index in [1.165, 1.54) is 13.0 Å². The predicted octanol–water partition coefficient (Wildman–Crippen LogP) is 7.75. The summed E-state index contributed by atoms with van der Waals surface area (Å²) in [4.78, 5) is 12.4. The quantitative estimate of drug-likeness (QED) is 0.103. The summed E-state index contributed by atoms with van der Waals surface area (Å²) in [5, 5.41) is 21.5. The number of unbranched alkanes of at least 4 members (excludes halogenated alkanes) is 7. The fourth-order valence-corrected chi connectivity index (χ4v) is 5.05. The highest BCUT2D eigenvalue weighted by atomic mass is 32.2. The van der Waals surface area contributed by atoms with Gasteiger partial charge in [-0.3, -0.25) is 4.79 Å². The fourth-order valence-electron chi connectivity index (χ4n) is 3.83. The van der Waals surface area contributed by atoms with Gasteiger partial charge in [0.25, 0.3) is 5.91 Å². The van der Waals surface area contributed by atoms with Crippen LogP contribution in [0.3, 0.4) is 0 Å². The largest absolute Gasteiger partial charge is 0.616 e. The van der Waals surface area contributed by atoms with Gasteiger partial charge in [-0.25, -0.2) is 0 Å². The van der Waals surface area contributed by atoms with E-state index < -0.39 is 70.2 Å². The molecule has 1 aromatic rings. The molecule has 2 N–H and O–H groups in total. The van der Waals surface area contributed by atoms with Crippen LogP contribution in [0.2, 0.25) is 0 Å². The molecule has 2 atom stereocenters. The van der Waals surface area contributed by atoms with E-state index in [-0.39, 0.29) is 17.9 Å². The van der Waals surface area contributed by atoms with Crippen molar-refractivity contribution in [3.05, 3.63) is 29.3 Å². The standard InChI is InChI=1S/C26H32F10N2O3S/c1-22(40,21(39)38-19-11-10-18(17-37)20(16-19)24(29,30)31)12-8-6-4-2-3-5-7-9-14-42(41)15-13-23(27,28)25(32,33)26(34,35)36/h10-11,16,40H,2-9,12-15H2,1H3,(H,38,39)/t22-,42?/m0/s1. The molecule has 0 spiro atoms. The Labute approximate surface area is 239 Å². The lowest BCUT2D eigenvalue weighted by atomic mass is 9.96. The predicted molar refractivity (Wildman–Crippen MR) is 135 cm³/mol. The SMILES string of the molecule is C[C@](O)(CCCCCCCCCC[S+]([O-])CCC(F)(F)C(F)(F)C(F)(F)F)C(=O)Nc1ccc(C#N)c(C(F)(F)F)c1. The third-order valence-electron chi connectivity index (χ3n) is 6.44. The smallest absolute Gasteiger partial charge is 0.459 e. The van der Waals surface area contributed by atoms with Crippen LogP contribution in [-0.4, -0.2) is 50.7 Å². The molecule has 240 valence electrons. The van der Waals surface area contributed by atoms with E-state index in [1.54, 1.807) is 0 Å². The first-order valence-corrected chi connectivity index (χ1v) is 14.5. The van der Waals surface area contributed by atoms with Gasteiger partial charge in [-0.2, -0.15) is 49.2 Å². The Kier molecular flexibility index (Phi) is 13.9. The highest BCUT2D eigenvalue weighted by Gasteiger charge is 2.72. The molecule has 0 aliphatic carbocycles. The van der Waals surface area contributed by atoms with E-state index in [9.17, 15) is 58.4 Å². The van der Waals surface area contributed by atoms with E-state index in [1.807, 2.05) is 0 Å². The monoisotopic (exact) mass is 642 g/mol. The Hall–Kier alpha value is -2.25. The average molecular weight is 643 g/mol. The number of hydrogen-bond acceptors (Lipinski definition) is 4. The summed E-state index contributed by atoms with van der Waals surface area (Å²) in [5.74, 6) is -13.6. The van der Waals surface area contributed by atoms with Gasteiger partial charge in [-0.15, -0.1) is 0 Å². The number of benzene rings is 1. The maximum Gasteiger partial charge on any atom is 0.459 e. The van der Waals surface area contributed by atoms with Crippen molar-refractivity contribution in [2.75, 3.05) is 16.8 Å². The zero-order valence-electron chi connectivity index (χ0n) is 22.6. The van der Waals surface area contributed by atoms with Crippen LogP contribution < -0.4 is 5.32 Å². The normalized spacial score (nSPS) is 15.1. The van der Waals surface area contributed by atoms with E-state index in [0.29, 0.717) is 38.2 Å². The number of alkyl halides is 10. The minimum Gasteiger partial charge on any atom is -0.616 e. The highest BCUT2D eigenvalue weighted by molar-refractivity contribution is 7.91. The molecule has 16 heteroatoms. The van der Waals surface area contributed by atoms with Gasteiger partial charge >= 0.3 is 24.2 Å². The Morgan fingerprint density at radius 1 is 0.881 bits per heavy atom. The van der Waals surface area contributed by atoms with Gasteiger partial charge in [0.2, 0.25) is 0 Å². The van der Waals surface area contributed by atoms with Crippen LogP contribution in [0.25, 0.3) is 0 Å². The minimum absolute atomic E-state index is 0.0288. The molecule has 0 radical (unpaired) electrons. The number of nitrogens with one attached hydrogen (secondary N) is 1. The minimum atomic E-state index is -6.41. The molecule has 0 saturated carbocycles. The van der Waals surface area contributed by atoms with Crippen molar-refractivity contribution < 1.29 is 58.4 Å². The number of carbonyl (C=O) groups excluding carboxylic acids is 1. The molecule has 1 rings (SSSR count). The Morgan fingerprint density at radius 2 is 1.40 bits per heavy atom. The number of aliphatic hydroxyl groups is 1. The topological polar surface area (TPSA) is 96.2 Å². The molecule has 1 unspecified atom stereocenters. The van der Waals surface area contributed by atoms with Crippen LogP contribution in [0, 0.1) is 11.3 Å². The number of rotatable bonds is 17. The molecule has 0 fully saturated rings. The number of hydrogen-bond donors (Lipinski definition) is 2. The second-order valence-electron chi connectivity index (χ2n) is 10.1. The lowest BCUT2D eigenvalue weighted by molar-refractivity contribution is -0.354. The van der Waals surface area contributed by atoms with Crippen LogP contribution in [-0.2, 0) is 22.1 Å². The molecule has 0 bridgehead atoms. The van der Waals surface area contributed by atoms with Gasteiger partial charge in [-0.1, -0.05) is 49.7 Å². The van der Waals surface area contributed by atoms with Crippen molar-refractivity contribution in [1.82, 2.24) is 0 Å². The average Bonchev–Trinajstić information content (AvgIpc) is 2.87. The summed E-state index contributed by atoms with van der Waals surface area (Å²) in [6.07, 6.45) is -8.25. The van der Waals surface area contributed by atoms with Crippen molar-refractivity contribution in [3.63, 3.8) is 0 Å². The third-order valence-corrected chi connectivity index (χ3v) is 7.84. The van der Waals surface area contributed by atoms with E-state index in [0.717, 1.165) is 31.4 Å². The number of halogens is 10. The second-order valence-corrected chi connectivity index (χ2v) is 11.7. The molecule has 0 saturated heterocycles. The summed E-state index contributed by atoms with van der Waals surface area (Å²) in [6, 6.07) is 4.08. The molecule has 0 aliphatic heterocycles. The van der Waals surface area contributed by atoms with Crippen LogP contribution >= 0.6 is 0 Å². The Balaban J connectivity index is 2.26. The van der Waals surface area contributed by atoms with Crippen LogP contribution in [0.5, 0.6) is 0 Å². The first-order chi connectivity index (χ1) is 19.2. The molecular weight excluding hydrogens is 610 g/mol. The van der Waals surface area contributed by atoms with E-state index in [4.69, 9.17) is 5.26 Å². The third kappa shape index (κ3) is 11.4.